The number of hydrogen-bond acceptors (Lipinski definition) is 2. The first-order chi connectivity index (χ1) is 7.24. The lowest BCUT2D eigenvalue weighted by Gasteiger charge is -2.30. The first-order valence-electron chi connectivity index (χ1n) is 5.42. The Hall–Kier alpha value is -0.480. The molecule has 4 heteroatoms. The van der Waals surface area contributed by atoms with Gasteiger partial charge in [0.25, 0.3) is 6.43 Å². The van der Waals surface area contributed by atoms with Crippen LogP contribution in [0.15, 0.2) is 12.2 Å². The van der Waals surface area contributed by atoms with Gasteiger partial charge in [0, 0.05) is 19.7 Å². The highest BCUT2D eigenvalue weighted by Crippen LogP contribution is 2.17. The van der Waals surface area contributed by atoms with Crippen LogP contribution in [-0.4, -0.2) is 44.2 Å². The molecule has 2 nitrogen and oxygen atoms in total. The van der Waals surface area contributed by atoms with Crippen LogP contribution < -0.4 is 0 Å². The third-order valence-electron chi connectivity index (χ3n) is 2.65. The second-order valence-electron chi connectivity index (χ2n) is 3.81. The quantitative estimate of drug-likeness (QED) is 0.636. The molecule has 0 fully saturated rings. The SMILES string of the molecule is COCCN(CC(F)F)[C@@H]1C=CCCC1. The molecular weight excluding hydrogens is 200 g/mol. The van der Waals surface area contributed by atoms with Crippen LogP contribution >= 0.6 is 0 Å². The van der Waals surface area contributed by atoms with Crippen LogP contribution in [-0.2, 0) is 4.74 Å². The van der Waals surface area contributed by atoms with Crippen LogP contribution in [0.5, 0.6) is 0 Å². The summed E-state index contributed by atoms with van der Waals surface area (Å²) in [7, 11) is 1.59. The van der Waals surface area contributed by atoms with Crippen LogP contribution in [0.3, 0.4) is 0 Å². The zero-order valence-corrected chi connectivity index (χ0v) is 9.16. The smallest absolute Gasteiger partial charge is 0.251 e. The van der Waals surface area contributed by atoms with Gasteiger partial charge in [0.05, 0.1) is 13.2 Å². The molecule has 0 N–H and O–H groups in total. The molecule has 0 aromatic rings. The Morgan fingerprint density at radius 3 is 2.87 bits per heavy atom. The number of nitrogens with zero attached hydrogens (tertiary/aromatic N) is 1. The lowest BCUT2D eigenvalue weighted by Crippen LogP contribution is -2.40. The third-order valence-corrected chi connectivity index (χ3v) is 2.65. The lowest BCUT2D eigenvalue weighted by atomic mass is 10.0. The summed E-state index contributed by atoms with van der Waals surface area (Å²) < 4.78 is 29.7. The van der Waals surface area contributed by atoms with Crippen molar-refractivity contribution in [2.24, 2.45) is 0 Å². The van der Waals surface area contributed by atoms with Crippen LogP contribution in [0.1, 0.15) is 19.3 Å². The standard InChI is InChI=1S/C11H19F2NO/c1-15-8-7-14(9-11(12)13)10-5-3-2-4-6-10/h3,5,10-11H,2,4,6-9H2,1H3/t10-/m1/s1. The van der Waals surface area contributed by atoms with E-state index in [-0.39, 0.29) is 12.6 Å². The molecule has 1 atom stereocenters. The van der Waals surface area contributed by atoms with Gasteiger partial charge >= 0.3 is 0 Å². The van der Waals surface area contributed by atoms with E-state index in [1.54, 1.807) is 7.11 Å². The average molecular weight is 219 g/mol. The predicted molar refractivity (Wildman–Crippen MR) is 56.2 cm³/mol. The highest BCUT2D eigenvalue weighted by atomic mass is 19.3. The van der Waals surface area contributed by atoms with E-state index in [0.29, 0.717) is 13.2 Å². The molecule has 0 amide bonds. The zero-order valence-electron chi connectivity index (χ0n) is 9.16. The molecule has 0 saturated heterocycles. The van der Waals surface area contributed by atoms with Gasteiger partial charge in [-0.2, -0.15) is 0 Å². The summed E-state index contributed by atoms with van der Waals surface area (Å²) in [5, 5.41) is 0. The zero-order chi connectivity index (χ0) is 11.1. The second kappa shape index (κ2) is 6.90. The molecular formula is C11H19F2NO. The number of alkyl halides is 2. The monoisotopic (exact) mass is 219 g/mol. The summed E-state index contributed by atoms with van der Waals surface area (Å²) in [5.41, 5.74) is 0. The van der Waals surface area contributed by atoms with E-state index in [1.165, 1.54) is 0 Å². The molecule has 0 radical (unpaired) electrons. The normalized spacial score (nSPS) is 21.5. The van der Waals surface area contributed by atoms with Crippen LogP contribution in [0.2, 0.25) is 0 Å². The molecule has 0 spiro atoms. The van der Waals surface area contributed by atoms with E-state index in [2.05, 4.69) is 6.08 Å². The Kier molecular flexibility index (Phi) is 5.79. The number of rotatable bonds is 6. The van der Waals surface area contributed by atoms with Crippen molar-refractivity contribution in [2.75, 3.05) is 26.8 Å². The van der Waals surface area contributed by atoms with Crippen molar-refractivity contribution in [1.82, 2.24) is 4.90 Å². The van der Waals surface area contributed by atoms with Crippen molar-refractivity contribution in [3.05, 3.63) is 12.2 Å². The van der Waals surface area contributed by atoms with Gasteiger partial charge in [-0.25, -0.2) is 8.78 Å². The summed E-state index contributed by atoms with van der Waals surface area (Å²) in [5.74, 6) is 0. The molecule has 0 heterocycles. The molecule has 1 rings (SSSR count). The minimum atomic E-state index is -2.27. The number of methoxy groups -OCH3 is 1. The van der Waals surface area contributed by atoms with Crippen molar-refractivity contribution >= 4 is 0 Å². The summed E-state index contributed by atoms with van der Waals surface area (Å²) in [6.07, 6.45) is 5.00. The minimum Gasteiger partial charge on any atom is -0.383 e. The van der Waals surface area contributed by atoms with Gasteiger partial charge in [0.2, 0.25) is 0 Å². The maximum atomic E-state index is 12.4. The van der Waals surface area contributed by atoms with E-state index >= 15 is 0 Å². The van der Waals surface area contributed by atoms with Crippen molar-refractivity contribution in [3.8, 4) is 0 Å². The molecule has 0 aliphatic heterocycles. The maximum absolute atomic E-state index is 12.4. The van der Waals surface area contributed by atoms with Crippen molar-refractivity contribution in [2.45, 2.75) is 31.7 Å². The van der Waals surface area contributed by atoms with E-state index in [4.69, 9.17) is 4.74 Å². The lowest BCUT2D eigenvalue weighted by molar-refractivity contribution is 0.0547. The fraction of sp³-hybridized carbons (Fsp3) is 0.818. The molecule has 1 aliphatic rings. The Bertz CT molecular complexity index is 197. The largest absolute Gasteiger partial charge is 0.383 e. The molecule has 0 aromatic heterocycles. The average Bonchev–Trinajstić information content (AvgIpc) is 2.25. The fourth-order valence-electron chi connectivity index (χ4n) is 1.88. The van der Waals surface area contributed by atoms with E-state index in [0.717, 1.165) is 19.3 Å². The van der Waals surface area contributed by atoms with E-state index in [9.17, 15) is 8.78 Å². The number of allylic oxidation sites excluding steroid dienone is 1. The molecule has 15 heavy (non-hydrogen) atoms. The number of halogens is 2. The Morgan fingerprint density at radius 1 is 1.53 bits per heavy atom. The summed E-state index contributed by atoms with van der Waals surface area (Å²) >= 11 is 0. The minimum absolute atomic E-state index is 0.154. The van der Waals surface area contributed by atoms with E-state index in [1.807, 2.05) is 11.0 Å². The third kappa shape index (κ3) is 4.71. The Balaban J connectivity index is 2.45. The van der Waals surface area contributed by atoms with Gasteiger partial charge in [-0.05, 0) is 19.3 Å². The Labute approximate surface area is 89.9 Å². The van der Waals surface area contributed by atoms with Crippen LogP contribution in [0, 0.1) is 0 Å². The van der Waals surface area contributed by atoms with Gasteiger partial charge in [0.1, 0.15) is 0 Å². The molecule has 1 aliphatic carbocycles. The molecule has 0 unspecified atom stereocenters. The van der Waals surface area contributed by atoms with Gasteiger partial charge in [0.15, 0.2) is 0 Å². The summed E-state index contributed by atoms with van der Waals surface area (Å²) in [6.45, 7) is 0.936. The molecule has 0 saturated carbocycles. The van der Waals surface area contributed by atoms with Crippen molar-refractivity contribution < 1.29 is 13.5 Å². The topological polar surface area (TPSA) is 12.5 Å². The first-order valence-corrected chi connectivity index (χ1v) is 5.42. The number of hydrogen-bond donors (Lipinski definition) is 0. The second-order valence-corrected chi connectivity index (χ2v) is 3.81. The number of ether oxygens (including phenoxy) is 1. The highest BCUT2D eigenvalue weighted by Gasteiger charge is 2.20. The van der Waals surface area contributed by atoms with Crippen LogP contribution in [0.4, 0.5) is 8.78 Å². The van der Waals surface area contributed by atoms with Gasteiger partial charge in [-0.15, -0.1) is 0 Å². The summed E-state index contributed by atoms with van der Waals surface area (Å²) in [4.78, 5) is 1.81. The van der Waals surface area contributed by atoms with Crippen LogP contribution in [0.25, 0.3) is 0 Å². The molecule has 88 valence electrons. The van der Waals surface area contributed by atoms with E-state index < -0.39 is 6.43 Å². The van der Waals surface area contributed by atoms with Gasteiger partial charge in [-0.3, -0.25) is 4.90 Å². The van der Waals surface area contributed by atoms with Crippen molar-refractivity contribution in [3.63, 3.8) is 0 Å². The predicted octanol–water partition coefficient (Wildman–Crippen LogP) is 2.31. The Morgan fingerprint density at radius 2 is 2.33 bits per heavy atom. The summed E-state index contributed by atoms with van der Waals surface area (Å²) in [6, 6.07) is 0.169. The molecule has 0 bridgehead atoms. The highest BCUT2D eigenvalue weighted by molar-refractivity contribution is 4.98. The molecule has 0 aromatic carbocycles. The van der Waals surface area contributed by atoms with Crippen molar-refractivity contribution in [1.29, 1.82) is 0 Å². The van der Waals surface area contributed by atoms with Gasteiger partial charge in [-0.1, -0.05) is 12.2 Å². The van der Waals surface area contributed by atoms with Gasteiger partial charge < -0.3 is 4.74 Å². The fourth-order valence-corrected chi connectivity index (χ4v) is 1.88. The first kappa shape index (κ1) is 12.6. The maximum Gasteiger partial charge on any atom is 0.251 e.